The summed E-state index contributed by atoms with van der Waals surface area (Å²) in [6.45, 7) is 3.79. The molecule has 0 aliphatic rings. The number of aldehydes is 1. The van der Waals surface area contributed by atoms with Gasteiger partial charge in [-0.2, -0.15) is 0 Å². The zero-order valence-electron chi connectivity index (χ0n) is 12.7. The molecule has 6 heteroatoms. The molecule has 1 aromatic carbocycles. The van der Waals surface area contributed by atoms with E-state index in [4.69, 9.17) is 9.84 Å². The fraction of sp³-hybridized carbons (Fsp3) is 0.438. The quantitative estimate of drug-likeness (QED) is 0.680. The lowest BCUT2D eigenvalue weighted by atomic mass is 9.99. The average Bonchev–Trinajstić information content (AvgIpc) is 2.52. The Hall–Kier alpha value is -2.37. The molecule has 0 aliphatic heterocycles. The third kappa shape index (κ3) is 5.55. The van der Waals surface area contributed by atoms with E-state index in [1.807, 2.05) is 6.92 Å². The van der Waals surface area contributed by atoms with Gasteiger partial charge in [0.2, 0.25) is 5.91 Å². The van der Waals surface area contributed by atoms with Gasteiger partial charge in [0.1, 0.15) is 18.1 Å². The lowest BCUT2D eigenvalue weighted by molar-refractivity contribution is -0.143. The van der Waals surface area contributed by atoms with Gasteiger partial charge in [0.15, 0.2) is 0 Å². The smallest absolute Gasteiger partial charge is 0.326 e. The SMILES string of the molecule is CCC(C)C(NC(=O)CCOc1ccc(C=O)cc1)C(=O)O. The molecular formula is C16H21NO5. The van der Waals surface area contributed by atoms with Crippen LogP contribution in [-0.4, -0.2) is 35.9 Å². The first-order chi connectivity index (χ1) is 10.5. The van der Waals surface area contributed by atoms with Gasteiger partial charge in [-0.25, -0.2) is 4.79 Å². The van der Waals surface area contributed by atoms with Gasteiger partial charge in [0, 0.05) is 5.56 Å². The summed E-state index contributed by atoms with van der Waals surface area (Å²) in [5, 5.41) is 11.6. The van der Waals surface area contributed by atoms with Crippen molar-refractivity contribution in [2.45, 2.75) is 32.7 Å². The molecule has 1 rings (SSSR count). The number of carboxylic acids is 1. The van der Waals surface area contributed by atoms with Crippen molar-refractivity contribution in [1.29, 1.82) is 0 Å². The summed E-state index contributed by atoms with van der Waals surface area (Å²) in [6.07, 6.45) is 1.46. The van der Waals surface area contributed by atoms with E-state index in [1.54, 1.807) is 31.2 Å². The molecule has 0 bridgehead atoms. The van der Waals surface area contributed by atoms with Crippen LogP contribution in [0.25, 0.3) is 0 Å². The van der Waals surface area contributed by atoms with E-state index in [2.05, 4.69) is 5.32 Å². The minimum atomic E-state index is -1.03. The van der Waals surface area contributed by atoms with E-state index in [1.165, 1.54) is 0 Å². The zero-order chi connectivity index (χ0) is 16.5. The number of carbonyl (C=O) groups is 3. The van der Waals surface area contributed by atoms with E-state index in [-0.39, 0.29) is 24.9 Å². The highest BCUT2D eigenvalue weighted by Crippen LogP contribution is 2.11. The topological polar surface area (TPSA) is 92.7 Å². The molecular weight excluding hydrogens is 286 g/mol. The van der Waals surface area contributed by atoms with Gasteiger partial charge in [0.25, 0.3) is 0 Å². The normalized spacial score (nSPS) is 13.0. The van der Waals surface area contributed by atoms with Crippen LogP contribution in [0.4, 0.5) is 0 Å². The Bertz CT molecular complexity index is 512. The molecule has 0 spiro atoms. The molecule has 0 saturated heterocycles. The van der Waals surface area contributed by atoms with Gasteiger partial charge in [-0.05, 0) is 30.2 Å². The molecule has 0 aliphatic carbocycles. The molecule has 2 atom stereocenters. The van der Waals surface area contributed by atoms with Gasteiger partial charge in [-0.1, -0.05) is 20.3 Å². The van der Waals surface area contributed by atoms with Crippen molar-refractivity contribution >= 4 is 18.2 Å². The summed E-state index contributed by atoms with van der Waals surface area (Å²) in [4.78, 5) is 33.4. The Morgan fingerprint density at radius 1 is 1.32 bits per heavy atom. The van der Waals surface area contributed by atoms with Crippen molar-refractivity contribution in [3.63, 3.8) is 0 Å². The fourth-order valence-electron chi connectivity index (χ4n) is 1.83. The van der Waals surface area contributed by atoms with E-state index in [0.717, 1.165) is 6.29 Å². The molecule has 0 fully saturated rings. The molecule has 1 aromatic rings. The standard InChI is InChI=1S/C16H21NO5/c1-3-11(2)15(16(20)21)17-14(19)8-9-22-13-6-4-12(10-18)5-7-13/h4-7,10-11,15H,3,8-9H2,1-2H3,(H,17,19)(H,20,21). The first-order valence-electron chi connectivity index (χ1n) is 7.18. The number of hydrogen-bond donors (Lipinski definition) is 2. The summed E-state index contributed by atoms with van der Waals surface area (Å²) >= 11 is 0. The van der Waals surface area contributed by atoms with Crippen LogP contribution in [0.3, 0.4) is 0 Å². The lowest BCUT2D eigenvalue weighted by Gasteiger charge is -2.20. The number of aliphatic carboxylic acids is 1. The van der Waals surface area contributed by atoms with Crippen molar-refractivity contribution in [2.75, 3.05) is 6.61 Å². The Kier molecular flexibility index (Phi) is 7.08. The lowest BCUT2D eigenvalue weighted by Crippen LogP contribution is -2.45. The van der Waals surface area contributed by atoms with Crippen molar-refractivity contribution in [3.05, 3.63) is 29.8 Å². The molecule has 120 valence electrons. The largest absolute Gasteiger partial charge is 0.493 e. The Balaban J connectivity index is 2.41. The number of ether oxygens (including phenoxy) is 1. The van der Waals surface area contributed by atoms with Gasteiger partial charge in [-0.3, -0.25) is 9.59 Å². The highest BCUT2D eigenvalue weighted by atomic mass is 16.5. The van der Waals surface area contributed by atoms with Gasteiger partial charge in [-0.15, -0.1) is 0 Å². The first kappa shape index (κ1) is 17.7. The number of rotatable bonds is 9. The van der Waals surface area contributed by atoms with Crippen LogP contribution in [0.2, 0.25) is 0 Å². The number of benzene rings is 1. The highest BCUT2D eigenvalue weighted by Gasteiger charge is 2.24. The summed E-state index contributed by atoms with van der Waals surface area (Å²) < 4.78 is 5.38. The van der Waals surface area contributed by atoms with E-state index in [0.29, 0.717) is 17.7 Å². The fourth-order valence-corrected chi connectivity index (χ4v) is 1.83. The van der Waals surface area contributed by atoms with Crippen molar-refractivity contribution in [2.24, 2.45) is 5.92 Å². The summed E-state index contributed by atoms with van der Waals surface area (Å²) in [5.41, 5.74) is 0.544. The van der Waals surface area contributed by atoms with Crippen LogP contribution in [0.1, 0.15) is 37.0 Å². The van der Waals surface area contributed by atoms with Crippen LogP contribution >= 0.6 is 0 Å². The van der Waals surface area contributed by atoms with E-state index in [9.17, 15) is 14.4 Å². The number of nitrogens with one attached hydrogen (secondary N) is 1. The second-order valence-corrected chi connectivity index (χ2v) is 5.05. The Labute approximate surface area is 129 Å². The molecule has 0 radical (unpaired) electrons. The van der Waals surface area contributed by atoms with Crippen molar-refractivity contribution in [1.82, 2.24) is 5.32 Å². The van der Waals surface area contributed by atoms with Crippen molar-refractivity contribution < 1.29 is 24.2 Å². The molecule has 2 N–H and O–H groups in total. The minimum Gasteiger partial charge on any atom is -0.493 e. The number of hydrogen-bond acceptors (Lipinski definition) is 4. The van der Waals surface area contributed by atoms with E-state index >= 15 is 0 Å². The highest BCUT2D eigenvalue weighted by molar-refractivity contribution is 5.83. The molecule has 0 aromatic heterocycles. The predicted molar refractivity (Wildman–Crippen MR) is 81.0 cm³/mol. The Morgan fingerprint density at radius 2 is 1.95 bits per heavy atom. The van der Waals surface area contributed by atoms with E-state index < -0.39 is 12.0 Å². The molecule has 0 saturated carbocycles. The summed E-state index contributed by atoms with van der Waals surface area (Å²) in [7, 11) is 0. The first-order valence-corrected chi connectivity index (χ1v) is 7.18. The van der Waals surface area contributed by atoms with Crippen LogP contribution in [0.5, 0.6) is 5.75 Å². The van der Waals surface area contributed by atoms with Gasteiger partial charge >= 0.3 is 5.97 Å². The van der Waals surface area contributed by atoms with Crippen LogP contribution in [-0.2, 0) is 9.59 Å². The molecule has 0 heterocycles. The number of carboxylic acid groups (broad SMARTS) is 1. The monoisotopic (exact) mass is 307 g/mol. The molecule has 1 amide bonds. The van der Waals surface area contributed by atoms with Gasteiger partial charge < -0.3 is 15.2 Å². The second-order valence-electron chi connectivity index (χ2n) is 5.05. The predicted octanol–water partition coefficient (Wildman–Crippen LogP) is 1.88. The van der Waals surface area contributed by atoms with Crippen LogP contribution in [0, 0.1) is 5.92 Å². The molecule has 2 unspecified atom stereocenters. The van der Waals surface area contributed by atoms with Gasteiger partial charge in [0.05, 0.1) is 13.0 Å². The second kappa shape index (κ2) is 8.81. The molecule has 6 nitrogen and oxygen atoms in total. The number of amides is 1. The minimum absolute atomic E-state index is 0.0651. The molecule has 22 heavy (non-hydrogen) atoms. The zero-order valence-corrected chi connectivity index (χ0v) is 12.7. The van der Waals surface area contributed by atoms with Crippen molar-refractivity contribution in [3.8, 4) is 5.75 Å². The summed E-state index contributed by atoms with van der Waals surface area (Å²) in [6, 6.07) is 5.63. The third-order valence-corrected chi connectivity index (χ3v) is 3.41. The van der Waals surface area contributed by atoms with Crippen LogP contribution < -0.4 is 10.1 Å². The van der Waals surface area contributed by atoms with Crippen LogP contribution in [0.15, 0.2) is 24.3 Å². The maximum absolute atomic E-state index is 11.8. The average molecular weight is 307 g/mol. The maximum atomic E-state index is 11.8. The number of carbonyl (C=O) groups excluding carboxylic acids is 2. The summed E-state index contributed by atoms with van der Waals surface area (Å²) in [5.74, 6) is -0.987. The third-order valence-electron chi connectivity index (χ3n) is 3.41. The Morgan fingerprint density at radius 3 is 2.45 bits per heavy atom. The maximum Gasteiger partial charge on any atom is 0.326 e.